The van der Waals surface area contributed by atoms with Gasteiger partial charge in [-0.2, -0.15) is 0 Å². The lowest BCUT2D eigenvalue weighted by molar-refractivity contribution is -0.144. The number of likely N-dealkylation sites (tertiary alicyclic amines) is 1. The van der Waals surface area contributed by atoms with Gasteiger partial charge >= 0.3 is 0 Å². The largest absolute Gasteiger partial charge is 0.339 e. The van der Waals surface area contributed by atoms with Crippen LogP contribution in [0.3, 0.4) is 0 Å². The van der Waals surface area contributed by atoms with E-state index in [1.807, 2.05) is 30.3 Å². The van der Waals surface area contributed by atoms with Gasteiger partial charge in [-0.05, 0) is 51.8 Å². The second-order valence-electron chi connectivity index (χ2n) is 7.16. The van der Waals surface area contributed by atoms with Crippen LogP contribution in [0.25, 0.3) is 0 Å². The molecule has 0 bridgehead atoms. The number of aryl methyl sites for hydroxylation is 1. The van der Waals surface area contributed by atoms with Crippen molar-refractivity contribution in [1.29, 1.82) is 0 Å². The Morgan fingerprint density at radius 2 is 1.91 bits per heavy atom. The van der Waals surface area contributed by atoms with Crippen LogP contribution in [-0.4, -0.2) is 54.2 Å². The van der Waals surface area contributed by atoms with Gasteiger partial charge in [-0.1, -0.05) is 30.3 Å². The van der Waals surface area contributed by atoms with E-state index in [2.05, 4.69) is 25.8 Å². The summed E-state index contributed by atoms with van der Waals surface area (Å²) in [5.74, 6) is -0.241. The highest BCUT2D eigenvalue weighted by Gasteiger charge is 2.40. The van der Waals surface area contributed by atoms with Crippen molar-refractivity contribution in [2.24, 2.45) is 5.92 Å². The van der Waals surface area contributed by atoms with E-state index < -0.39 is 0 Å². The number of carbonyl (C=O) groups excluding carboxylic acids is 2. The fourth-order valence-corrected chi connectivity index (χ4v) is 3.25. The van der Waals surface area contributed by atoms with Gasteiger partial charge in [0.1, 0.15) is 0 Å². The third-order valence-corrected chi connectivity index (χ3v) is 5.36. The average molecular weight is 316 g/mol. The van der Waals surface area contributed by atoms with Crippen molar-refractivity contribution in [3.05, 3.63) is 35.9 Å². The summed E-state index contributed by atoms with van der Waals surface area (Å²) in [6.07, 6.45) is 1.97. The Kier molecular flexibility index (Phi) is 5.58. The topological polar surface area (TPSA) is 40.6 Å². The molecule has 1 aliphatic heterocycles. The minimum atomic E-state index is -0.355. The molecule has 0 radical (unpaired) electrons. The number of Topliss-reactive ketones (excluding diaryl/α,β-unsaturated/α-hetero) is 1. The maximum Gasteiger partial charge on any atom is 0.289 e. The van der Waals surface area contributed by atoms with Crippen molar-refractivity contribution in [2.45, 2.75) is 38.6 Å². The summed E-state index contributed by atoms with van der Waals surface area (Å²) in [5, 5.41) is 0. The van der Waals surface area contributed by atoms with Crippen LogP contribution in [0, 0.1) is 5.92 Å². The Hall–Kier alpha value is -1.68. The summed E-state index contributed by atoms with van der Waals surface area (Å²) in [4.78, 5) is 28.4. The molecule has 1 atom stereocenters. The molecule has 0 aromatic heterocycles. The van der Waals surface area contributed by atoms with E-state index in [4.69, 9.17) is 0 Å². The molecule has 23 heavy (non-hydrogen) atoms. The molecule has 1 saturated heterocycles. The van der Waals surface area contributed by atoms with Gasteiger partial charge in [-0.15, -0.1) is 0 Å². The molecule has 0 saturated carbocycles. The third kappa shape index (κ3) is 4.20. The molecule has 4 heteroatoms. The Morgan fingerprint density at radius 3 is 2.48 bits per heavy atom. The van der Waals surface area contributed by atoms with Gasteiger partial charge in [0.05, 0.1) is 0 Å². The molecule has 1 heterocycles. The summed E-state index contributed by atoms with van der Waals surface area (Å²) in [6.45, 7) is 6.11. The van der Waals surface area contributed by atoms with E-state index >= 15 is 0 Å². The molecule has 126 valence electrons. The zero-order chi connectivity index (χ0) is 17.0. The third-order valence-electron chi connectivity index (χ3n) is 5.36. The number of rotatable bonds is 6. The number of likely N-dealkylation sites (N-methyl/N-ethyl adjacent to an activating group) is 1. The van der Waals surface area contributed by atoms with E-state index in [9.17, 15) is 9.59 Å². The number of ketones is 1. The van der Waals surface area contributed by atoms with Crippen LogP contribution in [0.4, 0.5) is 0 Å². The standard InChI is InChI=1S/C19H28N2O2/c1-19(2)16(12-13-21(19)4)14-20(3)18(23)17(22)11-10-15-8-6-5-7-9-15/h5-9,16H,10-14H2,1-4H3/t16-/m1/s1. The first-order valence-corrected chi connectivity index (χ1v) is 8.36. The number of nitrogens with zero attached hydrogens (tertiary/aromatic N) is 2. The molecule has 1 aliphatic rings. The second-order valence-corrected chi connectivity index (χ2v) is 7.16. The monoisotopic (exact) mass is 316 g/mol. The van der Waals surface area contributed by atoms with Gasteiger partial charge in [-0.25, -0.2) is 0 Å². The van der Waals surface area contributed by atoms with Crippen LogP contribution in [-0.2, 0) is 16.0 Å². The number of hydrogen-bond donors (Lipinski definition) is 0. The highest BCUT2D eigenvalue weighted by molar-refractivity contribution is 6.36. The normalized spacial score (nSPS) is 20.4. The highest BCUT2D eigenvalue weighted by atomic mass is 16.2. The van der Waals surface area contributed by atoms with Crippen molar-refractivity contribution < 1.29 is 9.59 Å². The van der Waals surface area contributed by atoms with E-state index in [1.54, 1.807) is 11.9 Å². The first-order valence-electron chi connectivity index (χ1n) is 8.36. The number of hydrogen-bond acceptors (Lipinski definition) is 3. The maximum absolute atomic E-state index is 12.3. The lowest BCUT2D eigenvalue weighted by Gasteiger charge is -2.35. The zero-order valence-electron chi connectivity index (χ0n) is 14.7. The summed E-state index contributed by atoms with van der Waals surface area (Å²) in [7, 11) is 3.87. The summed E-state index contributed by atoms with van der Waals surface area (Å²) < 4.78 is 0. The molecule has 1 aromatic carbocycles. The van der Waals surface area contributed by atoms with Crippen molar-refractivity contribution in [3.63, 3.8) is 0 Å². The van der Waals surface area contributed by atoms with Gasteiger partial charge < -0.3 is 9.80 Å². The van der Waals surface area contributed by atoms with Crippen molar-refractivity contribution in [1.82, 2.24) is 9.80 Å². The van der Waals surface area contributed by atoms with Crippen molar-refractivity contribution >= 4 is 11.7 Å². The van der Waals surface area contributed by atoms with E-state index in [0.29, 0.717) is 18.9 Å². The van der Waals surface area contributed by atoms with Crippen LogP contribution < -0.4 is 0 Å². The van der Waals surface area contributed by atoms with Crippen molar-refractivity contribution in [2.75, 3.05) is 27.2 Å². The number of amides is 1. The first kappa shape index (κ1) is 17.7. The van der Waals surface area contributed by atoms with Crippen molar-refractivity contribution in [3.8, 4) is 0 Å². The molecular formula is C19H28N2O2. The smallest absolute Gasteiger partial charge is 0.289 e. The molecule has 0 aliphatic carbocycles. The van der Waals surface area contributed by atoms with Crippen LogP contribution in [0.15, 0.2) is 30.3 Å². The molecule has 4 nitrogen and oxygen atoms in total. The lowest BCUT2D eigenvalue weighted by Crippen LogP contribution is -2.45. The quantitative estimate of drug-likeness (QED) is 0.757. The van der Waals surface area contributed by atoms with E-state index in [-0.39, 0.29) is 23.7 Å². The lowest BCUT2D eigenvalue weighted by atomic mass is 9.88. The van der Waals surface area contributed by atoms with E-state index in [1.165, 1.54) is 0 Å². The zero-order valence-corrected chi connectivity index (χ0v) is 14.7. The number of benzene rings is 1. The Morgan fingerprint density at radius 1 is 1.26 bits per heavy atom. The molecule has 1 amide bonds. The van der Waals surface area contributed by atoms with Crippen LogP contribution >= 0.6 is 0 Å². The highest BCUT2D eigenvalue weighted by Crippen LogP contribution is 2.33. The van der Waals surface area contributed by atoms with Gasteiger partial charge in [0.25, 0.3) is 5.91 Å². The summed E-state index contributed by atoms with van der Waals surface area (Å²) in [6, 6.07) is 9.82. The Balaban J connectivity index is 1.86. The van der Waals surface area contributed by atoms with Gasteiger partial charge in [-0.3, -0.25) is 9.59 Å². The van der Waals surface area contributed by atoms with Gasteiger partial charge in [0.2, 0.25) is 5.78 Å². The molecule has 0 spiro atoms. The predicted octanol–water partition coefficient (Wildman–Crippen LogP) is 2.38. The predicted molar refractivity (Wildman–Crippen MR) is 92.2 cm³/mol. The maximum atomic E-state index is 12.3. The minimum absolute atomic E-state index is 0.0711. The van der Waals surface area contributed by atoms with Gasteiger partial charge in [0.15, 0.2) is 0 Å². The van der Waals surface area contributed by atoms with Crippen LogP contribution in [0.1, 0.15) is 32.3 Å². The summed E-state index contributed by atoms with van der Waals surface area (Å²) >= 11 is 0. The fourth-order valence-electron chi connectivity index (χ4n) is 3.25. The first-order chi connectivity index (χ1) is 10.8. The minimum Gasteiger partial charge on any atom is -0.339 e. The molecular weight excluding hydrogens is 288 g/mol. The Bertz CT molecular complexity index is 554. The summed E-state index contributed by atoms with van der Waals surface area (Å²) in [5.41, 5.74) is 1.16. The van der Waals surface area contributed by atoms with E-state index in [0.717, 1.165) is 18.5 Å². The molecule has 0 unspecified atom stereocenters. The number of carbonyl (C=O) groups is 2. The second kappa shape index (κ2) is 7.26. The molecule has 2 rings (SSSR count). The fraction of sp³-hybridized carbons (Fsp3) is 0.579. The van der Waals surface area contributed by atoms with Gasteiger partial charge in [0, 0.05) is 25.6 Å². The molecule has 0 N–H and O–H groups in total. The molecule has 1 fully saturated rings. The average Bonchev–Trinajstić information content (AvgIpc) is 2.79. The van der Waals surface area contributed by atoms with Crippen LogP contribution in [0.2, 0.25) is 0 Å². The molecule has 1 aromatic rings. The van der Waals surface area contributed by atoms with Crippen LogP contribution in [0.5, 0.6) is 0 Å². The SMILES string of the molecule is CN(C[C@H]1CCN(C)C1(C)C)C(=O)C(=O)CCc1ccccc1. The Labute approximate surface area is 139 Å².